The summed E-state index contributed by atoms with van der Waals surface area (Å²) in [6, 6.07) is 2.64. The van der Waals surface area contributed by atoms with Gasteiger partial charge in [-0.15, -0.1) is 11.6 Å². The molecule has 0 aliphatic heterocycles. The van der Waals surface area contributed by atoms with Crippen molar-refractivity contribution in [1.82, 2.24) is 4.98 Å². The number of aromatic carboxylic acids is 1. The van der Waals surface area contributed by atoms with Gasteiger partial charge < -0.3 is 15.3 Å². The van der Waals surface area contributed by atoms with Gasteiger partial charge in [-0.2, -0.15) is 0 Å². The van der Waals surface area contributed by atoms with Crippen molar-refractivity contribution in [3.63, 3.8) is 0 Å². The number of rotatable bonds is 4. The van der Waals surface area contributed by atoms with Gasteiger partial charge in [-0.25, -0.2) is 9.78 Å². The minimum atomic E-state index is -1.15. The largest absolute Gasteiger partial charge is 0.477 e. The molecule has 0 amide bonds. The third-order valence-electron chi connectivity index (χ3n) is 1.87. The molecule has 15 heavy (non-hydrogen) atoms. The Balaban J connectivity index is 2.84. The Morgan fingerprint density at radius 1 is 1.47 bits per heavy atom. The fourth-order valence-corrected chi connectivity index (χ4v) is 1.18. The van der Waals surface area contributed by atoms with E-state index in [9.17, 15) is 15.0 Å². The first-order chi connectivity index (χ1) is 7.06. The summed E-state index contributed by atoms with van der Waals surface area (Å²) in [5, 5.41) is 27.3. The number of halogens is 1. The zero-order valence-electron chi connectivity index (χ0n) is 7.67. The molecule has 0 spiro atoms. The molecular formula is C9H10ClNO4. The molecule has 2 atom stereocenters. The van der Waals surface area contributed by atoms with Crippen molar-refractivity contribution in [2.75, 3.05) is 5.88 Å². The van der Waals surface area contributed by atoms with Gasteiger partial charge in [0.15, 0.2) is 0 Å². The number of carboxylic acids is 1. The Hall–Kier alpha value is -1.17. The number of aliphatic hydroxyl groups excluding tert-OH is 2. The monoisotopic (exact) mass is 231 g/mol. The van der Waals surface area contributed by atoms with Gasteiger partial charge >= 0.3 is 5.97 Å². The van der Waals surface area contributed by atoms with Crippen molar-refractivity contribution in [2.24, 2.45) is 0 Å². The van der Waals surface area contributed by atoms with E-state index in [-0.39, 0.29) is 11.6 Å². The molecule has 0 radical (unpaired) electrons. The SMILES string of the molecule is O=C(O)c1ccc(C(O)C(O)CCl)cn1. The van der Waals surface area contributed by atoms with Gasteiger partial charge in [0.1, 0.15) is 11.8 Å². The summed E-state index contributed by atoms with van der Waals surface area (Å²) >= 11 is 5.35. The molecule has 5 nitrogen and oxygen atoms in total. The zero-order chi connectivity index (χ0) is 11.4. The lowest BCUT2D eigenvalue weighted by Gasteiger charge is -2.14. The molecule has 0 saturated heterocycles. The van der Waals surface area contributed by atoms with E-state index in [4.69, 9.17) is 16.7 Å². The van der Waals surface area contributed by atoms with E-state index in [2.05, 4.69) is 4.98 Å². The number of carboxylic acid groups (broad SMARTS) is 1. The van der Waals surface area contributed by atoms with Gasteiger partial charge in [0, 0.05) is 11.8 Å². The minimum absolute atomic E-state index is 0.109. The highest BCUT2D eigenvalue weighted by Crippen LogP contribution is 2.16. The number of carbonyl (C=O) groups is 1. The summed E-state index contributed by atoms with van der Waals surface area (Å²) in [6.07, 6.45) is -1.05. The fourth-order valence-electron chi connectivity index (χ4n) is 1.01. The molecule has 1 rings (SSSR count). The second kappa shape index (κ2) is 5.06. The van der Waals surface area contributed by atoms with Crippen molar-refractivity contribution in [2.45, 2.75) is 12.2 Å². The summed E-state index contributed by atoms with van der Waals surface area (Å²) in [5.41, 5.74) is 0.208. The van der Waals surface area contributed by atoms with Crippen LogP contribution in [0.5, 0.6) is 0 Å². The number of aliphatic hydroxyl groups is 2. The van der Waals surface area contributed by atoms with E-state index in [1.165, 1.54) is 18.3 Å². The average Bonchev–Trinajstić information content (AvgIpc) is 2.27. The molecule has 82 valence electrons. The topological polar surface area (TPSA) is 90.7 Å². The molecule has 0 fully saturated rings. The fraction of sp³-hybridized carbons (Fsp3) is 0.333. The van der Waals surface area contributed by atoms with Gasteiger partial charge in [-0.3, -0.25) is 0 Å². The summed E-state index contributed by atoms with van der Waals surface area (Å²) < 4.78 is 0. The first kappa shape index (κ1) is 11.9. The van der Waals surface area contributed by atoms with Crippen LogP contribution in [0.3, 0.4) is 0 Å². The maximum Gasteiger partial charge on any atom is 0.354 e. The molecule has 1 heterocycles. The molecule has 0 saturated carbocycles. The summed E-state index contributed by atoms with van der Waals surface area (Å²) in [6.45, 7) is 0. The number of nitrogens with zero attached hydrogens (tertiary/aromatic N) is 1. The van der Waals surface area contributed by atoms with Crippen LogP contribution in [0.25, 0.3) is 0 Å². The number of alkyl halides is 1. The minimum Gasteiger partial charge on any atom is -0.477 e. The van der Waals surface area contributed by atoms with Crippen LogP contribution < -0.4 is 0 Å². The van der Waals surface area contributed by atoms with Gasteiger partial charge in [0.25, 0.3) is 0 Å². The molecule has 0 aromatic carbocycles. The number of aromatic nitrogens is 1. The van der Waals surface area contributed by atoms with Crippen molar-refractivity contribution in [3.8, 4) is 0 Å². The predicted molar refractivity (Wildman–Crippen MR) is 52.9 cm³/mol. The van der Waals surface area contributed by atoms with Gasteiger partial charge in [0.05, 0.1) is 12.0 Å². The second-order valence-electron chi connectivity index (χ2n) is 2.95. The van der Waals surface area contributed by atoms with E-state index in [0.29, 0.717) is 5.56 Å². The van der Waals surface area contributed by atoms with E-state index >= 15 is 0 Å². The summed E-state index contributed by atoms with van der Waals surface area (Å²) in [5.74, 6) is -1.25. The summed E-state index contributed by atoms with van der Waals surface area (Å²) in [7, 11) is 0. The van der Waals surface area contributed by atoms with E-state index in [1.807, 2.05) is 0 Å². The van der Waals surface area contributed by atoms with Crippen molar-refractivity contribution in [3.05, 3.63) is 29.6 Å². The Labute approximate surface area is 91.0 Å². The lowest BCUT2D eigenvalue weighted by molar-refractivity contribution is 0.0324. The van der Waals surface area contributed by atoms with Crippen LogP contribution in [-0.4, -0.2) is 38.3 Å². The third kappa shape index (κ3) is 2.89. The maximum absolute atomic E-state index is 10.5. The zero-order valence-corrected chi connectivity index (χ0v) is 8.42. The highest BCUT2D eigenvalue weighted by Gasteiger charge is 2.18. The quantitative estimate of drug-likeness (QED) is 0.653. The van der Waals surface area contributed by atoms with Crippen LogP contribution in [0.2, 0.25) is 0 Å². The molecule has 2 unspecified atom stereocenters. The smallest absolute Gasteiger partial charge is 0.354 e. The summed E-state index contributed by atoms with van der Waals surface area (Å²) in [4.78, 5) is 14.1. The van der Waals surface area contributed by atoms with Crippen LogP contribution in [0, 0.1) is 0 Å². The molecule has 0 bridgehead atoms. The highest BCUT2D eigenvalue weighted by atomic mass is 35.5. The Bertz CT molecular complexity index is 340. The van der Waals surface area contributed by atoms with Crippen LogP contribution in [-0.2, 0) is 0 Å². The lowest BCUT2D eigenvalue weighted by Crippen LogP contribution is -2.20. The van der Waals surface area contributed by atoms with Crippen LogP contribution in [0.4, 0.5) is 0 Å². The second-order valence-corrected chi connectivity index (χ2v) is 3.26. The Morgan fingerprint density at radius 2 is 2.13 bits per heavy atom. The molecular weight excluding hydrogens is 222 g/mol. The van der Waals surface area contributed by atoms with E-state index in [1.54, 1.807) is 0 Å². The first-order valence-electron chi connectivity index (χ1n) is 4.17. The highest BCUT2D eigenvalue weighted by molar-refractivity contribution is 6.18. The average molecular weight is 232 g/mol. The normalized spacial score (nSPS) is 14.6. The standard InChI is InChI=1S/C9H10ClNO4/c10-3-7(12)8(13)5-1-2-6(9(14)15)11-4-5/h1-2,4,7-8,12-13H,3H2,(H,14,15). The molecule has 3 N–H and O–H groups in total. The van der Waals surface area contributed by atoms with Crippen molar-refractivity contribution in [1.29, 1.82) is 0 Å². The molecule has 0 aliphatic rings. The van der Waals surface area contributed by atoms with Crippen LogP contribution in [0.1, 0.15) is 22.2 Å². The van der Waals surface area contributed by atoms with Crippen LogP contribution >= 0.6 is 11.6 Å². The molecule has 1 aromatic rings. The predicted octanol–water partition coefficient (Wildman–Crippen LogP) is 0.413. The molecule has 0 aliphatic carbocycles. The van der Waals surface area contributed by atoms with E-state index in [0.717, 1.165) is 0 Å². The molecule has 6 heteroatoms. The number of hydrogen-bond donors (Lipinski definition) is 3. The first-order valence-corrected chi connectivity index (χ1v) is 4.71. The van der Waals surface area contributed by atoms with Crippen LogP contribution in [0.15, 0.2) is 18.3 Å². The van der Waals surface area contributed by atoms with E-state index < -0.39 is 18.2 Å². The van der Waals surface area contributed by atoms with Crippen molar-refractivity contribution >= 4 is 17.6 Å². The Morgan fingerprint density at radius 3 is 2.53 bits per heavy atom. The Kier molecular flexibility index (Phi) is 4.02. The number of pyridine rings is 1. The van der Waals surface area contributed by atoms with Gasteiger partial charge in [-0.1, -0.05) is 6.07 Å². The number of hydrogen-bond acceptors (Lipinski definition) is 4. The van der Waals surface area contributed by atoms with Gasteiger partial charge in [-0.05, 0) is 6.07 Å². The van der Waals surface area contributed by atoms with Gasteiger partial charge in [0.2, 0.25) is 0 Å². The third-order valence-corrected chi connectivity index (χ3v) is 2.19. The maximum atomic E-state index is 10.5. The lowest BCUT2D eigenvalue weighted by atomic mass is 10.1. The molecule has 1 aromatic heterocycles. The van der Waals surface area contributed by atoms with Crippen molar-refractivity contribution < 1.29 is 20.1 Å².